The Hall–Kier alpha value is -2.67. The van der Waals surface area contributed by atoms with E-state index in [2.05, 4.69) is 36.2 Å². The number of rotatable bonds is 3. The van der Waals surface area contributed by atoms with E-state index in [1.807, 2.05) is 12.1 Å². The number of fused-ring (bicyclic) bond motifs is 3. The van der Waals surface area contributed by atoms with Crippen molar-refractivity contribution in [3.63, 3.8) is 0 Å². The first-order chi connectivity index (χ1) is 13.4. The highest BCUT2D eigenvalue weighted by molar-refractivity contribution is 6.00. The molecule has 7 heteroatoms. The van der Waals surface area contributed by atoms with Gasteiger partial charge in [-0.05, 0) is 30.4 Å². The minimum Gasteiger partial charge on any atom is -0.377 e. The Morgan fingerprint density at radius 1 is 1.36 bits per heavy atom. The van der Waals surface area contributed by atoms with Crippen LogP contribution in [0.3, 0.4) is 0 Å². The van der Waals surface area contributed by atoms with Crippen molar-refractivity contribution in [2.75, 3.05) is 13.2 Å². The summed E-state index contributed by atoms with van der Waals surface area (Å²) < 4.78 is 7.60. The summed E-state index contributed by atoms with van der Waals surface area (Å²) in [4.78, 5) is 28.0. The fourth-order valence-corrected chi connectivity index (χ4v) is 4.17. The second kappa shape index (κ2) is 7.05. The Balaban J connectivity index is 1.59. The molecule has 0 bridgehead atoms. The van der Waals surface area contributed by atoms with Crippen LogP contribution in [0.2, 0.25) is 0 Å². The molecule has 1 aromatic carbocycles. The zero-order chi connectivity index (χ0) is 19.9. The molecule has 2 unspecified atom stereocenters. The van der Waals surface area contributed by atoms with Crippen LogP contribution in [0.25, 0.3) is 16.6 Å². The molecule has 0 saturated carbocycles. The number of nitrogens with one attached hydrogen (secondary N) is 2. The number of benzene rings is 1. The lowest BCUT2D eigenvalue weighted by Crippen LogP contribution is -2.45. The molecule has 1 aliphatic rings. The first-order valence-corrected chi connectivity index (χ1v) is 9.75. The lowest BCUT2D eigenvalue weighted by molar-refractivity contribution is -0.0839. The van der Waals surface area contributed by atoms with Gasteiger partial charge in [-0.1, -0.05) is 32.9 Å². The van der Waals surface area contributed by atoms with Crippen LogP contribution in [-0.4, -0.2) is 39.8 Å². The maximum atomic E-state index is 12.8. The van der Waals surface area contributed by atoms with E-state index in [1.165, 1.54) is 6.20 Å². The molecule has 7 nitrogen and oxygen atoms in total. The summed E-state index contributed by atoms with van der Waals surface area (Å²) >= 11 is 0. The number of amides is 1. The van der Waals surface area contributed by atoms with Gasteiger partial charge in [0.2, 0.25) is 0 Å². The number of aromatic nitrogens is 3. The molecule has 1 fully saturated rings. The second-order valence-electron chi connectivity index (χ2n) is 8.56. The molecule has 0 radical (unpaired) electrons. The Kier molecular flexibility index (Phi) is 4.71. The summed E-state index contributed by atoms with van der Waals surface area (Å²) in [6.45, 7) is 7.81. The quantitative estimate of drug-likeness (QED) is 0.729. The standard InChI is InChI=1S/C21H26N4O3/c1-21(2,3)17-13(7-6-10-28-17)11-22-19(26)15-12-23-25-16-9-5-4-8-14(16)20(27)24-18(15)25/h4-5,8-9,12-13,17H,6-7,10-11H2,1-3H3,(H,22,26)(H,24,27). The molecule has 0 aliphatic carbocycles. The Morgan fingerprint density at radius 3 is 2.93 bits per heavy atom. The van der Waals surface area contributed by atoms with Crippen molar-refractivity contribution >= 4 is 22.5 Å². The highest BCUT2D eigenvalue weighted by atomic mass is 16.5. The summed E-state index contributed by atoms with van der Waals surface area (Å²) in [6, 6.07) is 7.21. The van der Waals surface area contributed by atoms with Crippen molar-refractivity contribution in [1.29, 1.82) is 0 Å². The number of carbonyl (C=O) groups excluding carboxylic acids is 1. The molecule has 0 spiro atoms. The van der Waals surface area contributed by atoms with E-state index in [4.69, 9.17) is 4.74 Å². The van der Waals surface area contributed by atoms with Gasteiger partial charge in [0.05, 0.1) is 23.2 Å². The van der Waals surface area contributed by atoms with Gasteiger partial charge in [-0.3, -0.25) is 9.59 Å². The first kappa shape index (κ1) is 18.7. The summed E-state index contributed by atoms with van der Waals surface area (Å²) in [7, 11) is 0. The van der Waals surface area contributed by atoms with Gasteiger partial charge in [-0.15, -0.1) is 0 Å². The Morgan fingerprint density at radius 2 is 2.14 bits per heavy atom. The molecule has 28 heavy (non-hydrogen) atoms. The molecule has 1 aliphatic heterocycles. The maximum absolute atomic E-state index is 12.8. The van der Waals surface area contributed by atoms with E-state index in [9.17, 15) is 9.59 Å². The van der Waals surface area contributed by atoms with E-state index >= 15 is 0 Å². The molecule has 4 rings (SSSR count). The third-order valence-corrected chi connectivity index (χ3v) is 5.45. The number of nitrogens with zero attached hydrogens (tertiary/aromatic N) is 2. The highest BCUT2D eigenvalue weighted by Gasteiger charge is 2.35. The van der Waals surface area contributed by atoms with Crippen LogP contribution in [-0.2, 0) is 4.74 Å². The molecular formula is C21H26N4O3. The number of para-hydroxylation sites is 1. The van der Waals surface area contributed by atoms with Crippen molar-refractivity contribution in [1.82, 2.24) is 19.9 Å². The van der Waals surface area contributed by atoms with Crippen molar-refractivity contribution in [3.05, 3.63) is 46.4 Å². The van der Waals surface area contributed by atoms with E-state index in [1.54, 1.807) is 16.6 Å². The lowest BCUT2D eigenvalue weighted by atomic mass is 9.78. The number of carbonyl (C=O) groups is 1. The van der Waals surface area contributed by atoms with E-state index < -0.39 is 0 Å². The van der Waals surface area contributed by atoms with Gasteiger partial charge in [-0.2, -0.15) is 5.10 Å². The van der Waals surface area contributed by atoms with Crippen LogP contribution in [0.5, 0.6) is 0 Å². The van der Waals surface area contributed by atoms with Gasteiger partial charge in [0.25, 0.3) is 11.5 Å². The molecule has 3 heterocycles. The van der Waals surface area contributed by atoms with Crippen LogP contribution in [0.4, 0.5) is 0 Å². The summed E-state index contributed by atoms with van der Waals surface area (Å²) in [5.74, 6) is 0.0265. The van der Waals surface area contributed by atoms with Gasteiger partial charge in [0.15, 0.2) is 0 Å². The van der Waals surface area contributed by atoms with Gasteiger partial charge >= 0.3 is 0 Å². The fraction of sp³-hybridized carbons (Fsp3) is 0.476. The first-order valence-electron chi connectivity index (χ1n) is 9.75. The Labute approximate surface area is 163 Å². The normalized spacial score (nSPS) is 20.5. The second-order valence-corrected chi connectivity index (χ2v) is 8.56. The van der Waals surface area contributed by atoms with E-state index in [-0.39, 0.29) is 28.9 Å². The average molecular weight is 382 g/mol. The van der Waals surface area contributed by atoms with Crippen LogP contribution in [0.1, 0.15) is 44.0 Å². The number of hydrogen-bond donors (Lipinski definition) is 2. The van der Waals surface area contributed by atoms with E-state index in [0.29, 0.717) is 28.7 Å². The van der Waals surface area contributed by atoms with Crippen LogP contribution >= 0.6 is 0 Å². The van der Waals surface area contributed by atoms with Crippen molar-refractivity contribution in [2.45, 2.75) is 39.7 Å². The van der Waals surface area contributed by atoms with Crippen molar-refractivity contribution < 1.29 is 9.53 Å². The smallest absolute Gasteiger partial charge is 0.259 e. The zero-order valence-electron chi connectivity index (χ0n) is 16.5. The van der Waals surface area contributed by atoms with Crippen LogP contribution in [0.15, 0.2) is 35.3 Å². The molecule has 1 amide bonds. The molecule has 3 aromatic rings. The largest absolute Gasteiger partial charge is 0.377 e. The predicted octanol–water partition coefficient (Wildman–Crippen LogP) is 2.75. The van der Waals surface area contributed by atoms with Gasteiger partial charge in [0, 0.05) is 19.1 Å². The average Bonchev–Trinajstić information content (AvgIpc) is 3.10. The van der Waals surface area contributed by atoms with Gasteiger partial charge in [-0.25, -0.2) is 4.52 Å². The summed E-state index contributed by atoms with van der Waals surface area (Å²) in [5, 5.41) is 7.88. The Bertz CT molecular complexity index is 1080. The number of H-pyrrole nitrogens is 1. The third-order valence-electron chi connectivity index (χ3n) is 5.45. The van der Waals surface area contributed by atoms with Gasteiger partial charge < -0.3 is 15.0 Å². The third kappa shape index (κ3) is 3.30. The molecule has 2 aromatic heterocycles. The molecule has 148 valence electrons. The zero-order valence-corrected chi connectivity index (χ0v) is 16.5. The molecular weight excluding hydrogens is 356 g/mol. The molecule has 2 N–H and O–H groups in total. The SMILES string of the molecule is CC(C)(C)C1OCCCC1CNC(=O)c1cnn2c1[nH]c(=O)c1ccccc12. The summed E-state index contributed by atoms with van der Waals surface area (Å²) in [6.07, 6.45) is 3.64. The maximum Gasteiger partial charge on any atom is 0.259 e. The minimum absolute atomic E-state index is 0.0182. The lowest BCUT2D eigenvalue weighted by Gasteiger charge is -2.40. The predicted molar refractivity (Wildman–Crippen MR) is 108 cm³/mol. The topological polar surface area (TPSA) is 88.5 Å². The highest BCUT2D eigenvalue weighted by Crippen LogP contribution is 2.33. The van der Waals surface area contributed by atoms with Crippen LogP contribution in [0, 0.1) is 11.3 Å². The van der Waals surface area contributed by atoms with Crippen LogP contribution < -0.4 is 10.9 Å². The fourth-order valence-electron chi connectivity index (χ4n) is 4.17. The van der Waals surface area contributed by atoms with Gasteiger partial charge in [0.1, 0.15) is 11.2 Å². The minimum atomic E-state index is -0.237. The number of aromatic amines is 1. The monoisotopic (exact) mass is 382 g/mol. The number of ether oxygens (including phenoxy) is 1. The molecule has 2 atom stereocenters. The van der Waals surface area contributed by atoms with E-state index in [0.717, 1.165) is 19.4 Å². The summed E-state index contributed by atoms with van der Waals surface area (Å²) in [5.41, 5.74) is 1.24. The van der Waals surface area contributed by atoms with Crippen molar-refractivity contribution in [3.8, 4) is 0 Å². The van der Waals surface area contributed by atoms with Crippen molar-refractivity contribution in [2.24, 2.45) is 11.3 Å². The number of hydrogen-bond acceptors (Lipinski definition) is 4. The molecule has 1 saturated heterocycles.